The van der Waals surface area contributed by atoms with Crippen LogP contribution < -0.4 is 9.46 Å². The number of nitrogens with one attached hydrogen (secondary N) is 1. The molecule has 0 amide bonds. The van der Waals surface area contributed by atoms with Crippen LogP contribution in [0.1, 0.15) is 10.4 Å². The van der Waals surface area contributed by atoms with Crippen LogP contribution in [0.2, 0.25) is 0 Å². The first-order valence-corrected chi connectivity index (χ1v) is 10.9. The van der Waals surface area contributed by atoms with Gasteiger partial charge in [0, 0.05) is 16.8 Å². The summed E-state index contributed by atoms with van der Waals surface area (Å²) in [4.78, 5) is 12.2. The fraction of sp³-hybridized carbons (Fsp3) is 0.167. The predicted octanol–water partition coefficient (Wildman–Crippen LogP) is 3.09. The number of anilines is 1. The predicted molar refractivity (Wildman–Crippen MR) is 106 cm³/mol. The molecular formula is C18H17N3O5S2. The highest BCUT2D eigenvalue weighted by atomic mass is 32.2. The first-order valence-electron chi connectivity index (χ1n) is 8.06. The van der Waals surface area contributed by atoms with Crippen LogP contribution in [0.5, 0.6) is 5.75 Å². The molecule has 1 heterocycles. The third-order valence-electron chi connectivity index (χ3n) is 3.58. The molecule has 0 fully saturated rings. The number of Topliss-reactive ketones (excluding diaryl/α,β-unsaturated/α-hetero) is 1. The van der Waals surface area contributed by atoms with Gasteiger partial charge >= 0.3 is 0 Å². The minimum atomic E-state index is -3.34. The topological polar surface area (TPSA) is 111 Å². The van der Waals surface area contributed by atoms with Gasteiger partial charge in [0.15, 0.2) is 5.78 Å². The van der Waals surface area contributed by atoms with E-state index in [1.54, 1.807) is 55.6 Å². The summed E-state index contributed by atoms with van der Waals surface area (Å²) in [7, 11) is -1.77. The third kappa shape index (κ3) is 5.33. The molecular weight excluding hydrogens is 402 g/mol. The van der Waals surface area contributed by atoms with Crippen LogP contribution in [-0.2, 0) is 10.0 Å². The minimum Gasteiger partial charge on any atom is -0.497 e. The standard InChI is InChI=1S/C18H17N3O5S2/c1-25-15-9-5-12(6-10-15)16(22)11-27-18-20-19-17(26-18)13-3-7-14(8-4-13)21-28(2,23)24/h3-10,21H,11H2,1-2H3. The number of nitrogens with zero attached hydrogens (tertiary/aromatic N) is 2. The van der Waals surface area contributed by atoms with Crippen molar-refractivity contribution in [2.75, 3.05) is 23.8 Å². The fourth-order valence-corrected chi connectivity index (χ4v) is 3.49. The van der Waals surface area contributed by atoms with E-state index < -0.39 is 10.0 Å². The Morgan fingerprint density at radius 1 is 1.11 bits per heavy atom. The molecule has 0 aliphatic heterocycles. The van der Waals surface area contributed by atoms with Crippen molar-refractivity contribution in [1.29, 1.82) is 0 Å². The van der Waals surface area contributed by atoms with E-state index in [9.17, 15) is 13.2 Å². The number of rotatable bonds is 8. The normalized spacial score (nSPS) is 11.2. The zero-order chi connectivity index (χ0) is 20.1. The molecule has 0 aliphatic carbocycles. The SMILES string of the molecule is COc1ccc(C(=O)CSc2nnc(-c3ccc(NS(C)(=O)=O)cc3)o2)cc1. The van der Waals surface area contributed by atoms with E-state index in [1.165, 1.54) is 0 Å². The number of ketones is 1. The fourth-order valence-electron chi connectivity index (χ4n) is 2.27. The van der Waals surface area contributed by atoms with Crippen LogP contribution in [0.4, 0.5) is 5.69 Å². The second kappa shape index (κ2) is 8.44. The van der Waals surface area contributed by atoms with Gasteiger partial charge < -0.3 is 9.15 Å². The second-order valence-corrected chi connectivity index (χ2v) is 8.44. The lowest BCUT2D eigenvalue weighted by atomic mass is 10.1. The third-order valence-corrected chi connectivity index (χ3v) is 5.01. The Labute approximate surface area is 166 Å². The summed E-state index contributed by atoms with van der Waals surface area (Å²) in [6.45, 7) is 0. The molecule has 0 atom stereocenters. The molecule has 0 saturated carbocycles. The Morgan fingerprint density at radius 3 is 2.39 bits per heavy atom. The highest BCUT2D eigenvalue weighted by Crippen LogP contribution is 2.25. The van der Waals surface area contributed by atoms with Crippen molar-refractivity contribution in [1.82, 2.24) is 10.2 Å². The van der Waals surface area contributed by atoms with Crippen molar-refractivity contribution in [3.05, 3.63) is 54.1 Å². The van der Waals surface area contributed by atoms with Gasteiger partial charge in [-0.1, -0.05) is 11.8 Å². The Morgan fingerprint density at radius 2 is 1.79 bits per heavy atom. The Balaban J connectivity index is 1.61. The van der Waals surface area contributed by atoms with Gasteiger partial charge in [-0.3, -0.25) is 9.52 Å². The number of sulfonamides is 1. The highest BCUT2D eigenvalue weighted by Gasteiger charge is 2.13. The first kappa shape index (κ1) is 19.9. The number of hydrogen-bond donors (Lipinski definition) is 1. The summed E-state index contributed by atoms with van der Waals surface area (Å²) in [6, 6.07) is 13.4. The summed E-state index contributed by atoms with van der Waals surface area (Å²) in [5.74, 6) is 1.06. The maximum atomic E-state index is 12.2. The van der Waals surface area contributed by atoms with Gasteiger partial charge in [-0.05, 0) is 48.5 Å². The van der Waals surface area contributed by atoms with Crippen LogP contribution in [0.15, 0.2) is 58.2 Å². The number of ether oxygens (including phenoxy) is 1. The number of hydrogen-bond acceptors (Lipinski definition) is 8. The van der Waals surface area contributed by atoms with Gasteiger partial charge in [-0.2, -0.15) is 0 Å². The molecule has 0 unspecified atom stereocenters. The van der Waals surface area contributed by atoms with E-state index in [4.69, 9.17) is 9.15 Å². The summed E-state index contributed by atoms with van der Waals surface area (Å²) < 4.78 is 35.5. The summed E-state index contributed by atoms with van der Waals surface area (Å²) in [5, 5.41) is 8.16. The van der Waals surface area contributed by atoms with E-state index in [-0.39, 0.29) is 22.6 Å². The molecule has 0 saturated heterocycles. The molecule has 3 rings (SSSR count). The maximum absolute atomic E-state index is 12.2. The highest BCUT2D eigenvalue weighted by molar-refractivity contribution is 7.99. The molecule has 0 aliphatic rings. The lowest BCUT2D eigenvalue weighted by Gasteiger charge is -2.03. The Kier molecular flexibility index (Phi) is 6.00. The summed E-state index contributed by atoms with van der Waals surface area (Å²) >= 11 is 1.15. The van der Waals surface area contributed by atoms with Crippen molar-refractivity contribution in [2.24, 2.45) is 0 Å². The summed E-state index contributed by atoms with van der Waals surface area (Å²) in [6.07, 6.45) is 1.08. The summed E-state index contributed by atoms with van der Waals surface area (Å²) in [5.41, 5.74) is 1.65. The molecule has 1 N–H and O–H groups in total. The Hall–Kier alpha value is -2.85. The number of benzene rings is 2. The van der Waals surface area contributed by atoms with Crippen molar-refractivity contribution >= 4 is 33.3 Å². The van der Waals surface area contributed by atoms with Crippen molar-refractivity contribution in [2.45, 2.75) is 5.22 Å². The number of aromatic nitrogens is 2. The Bertz CT molecular complexity index is 1060. The van der Waals surface area contributed by atoms with E-state index in [0.29, 0.717) is 22.6 Å². The van der Waals surface area contributed by atoms with Gasteiger partial charge in [0.2, 0.25) is 15.9 Å². The molecule has 0 bridgehead atoms. The molecule has 0 spiro atoms. The maximum Gasteiger partial charge on any atom is 0.277 e. The molecule has 146 valence electrons. The van der Waals surface area contributed by atoms with Crippen molar-refractivity contribution in [3.8, 4) is 17.2 Å². The number of thioether (sulfide) groups is 1. The minimum absolute atomic E-state index is 0.0661. The number of carbonyl (C=O) groups is 1. The molecule has 2 aromatic carbocycles. The second-order valence-electron chi connectivity index (χ2n) is 5.77. The van der Waals surface area contributed by atoms with Gasteiger partial charge in [0.1, 0.15) is 5.75 Å². The quantitative estimate of drug-likeness (QED) is 0.438. The van der Waals surface area contributed by atoms with E-state index in [2.05, 4.69) is 14.9 Å². The lowest BCUT2D eigenvalue weighted by molar-refractivity contribution is 0.102. The molecule has 3 aromatic rings. The van der Waals surface area contributed by atoms with Gasteiger partial charge in [-0.15, -0.1) is 10.2 Å². The monoisotopic (exact) mass is 419 g/mol. The molecule has 1 aromatic heterocycles. The van der Waals surface area contributed by atoms with Crippen LogP contribution >= 0.6 is 11.8 Å². The zero-order valence-corrected chi connectivity index (χ0v) is 16.7. The van der Waals surface area contributed by atoms with Gasteiger partial charge in [-0.25, -0.2) is 8.42 Å². The molecule has 28 heavy (non-hydrogen) atoms. The molecule has 10 heteroatoms. The van der Waals surface area contributed by atoms with E-state index >= 15 is 0 Å². The smallest absolute Gasteiger partial charge is 0.277 e. The van der Waals surface area contributed by atoms with Crippen LogP contribution in [0, 0.1) is 0 Å². The van der Waals surface area contributed by atoms with Crippen molar-refractivity contribution in [3.63, 3.8) is 0 Å². The number of carbonyl (C=O) groups excluding carboxylic acids is 1. The molecule has 8 nitrogen and oxygen atoms in total. The van der Waals surface area contributed by atoms with E-state index in [0.717, 1.165) is 18.0 Å². The van der Waals surface area contributed by atoms with Gasteiger partial charge in [0.05, 0.1) is 19.1 Å². The molecule has 0 radical (unpaired) electrons. The zero-order valence-electron chi connectivity index (χ0n) is 15.1. The van der Waals surface area contributed by atoms with Gasteiger partial charge in [0.25, 0.3) is 5.22 Å². The average molecular weight is 419 g/mol. The van der Waals surface area contributed by atoms with Crippen LogP contribution in [0.3, 0.4) is 0 Å². The lowest BCUT2D eigenvalue weighted by Crippen LogP contribution is -2.09. The van der Waals surface area contributed by atoms with Crippen LogP contribution in [0.25, 0.3) is 11.5 Å². The van der Waals surface area contributed by atoms with Crippen LogP contribution in [-0.4, -0.2) is 43.5 Å². The number of methoxy groups -OCH3 is 1. The first-order chi connectivity index (χ1) is 13.3. The van der Waals surface area contributed by atoms with Crippen molar-refractivity contribution < 1.29 is 22.4 Å². The van der Waals surface area contributed by atoms with E-state index in [1.807, 2.05) is 0 Å². The largest absolute Gasteiger partial charge is 0.497 e. The average Bonchev–Trinajstić information content (AvgIpc) is 3.14.